The maximum absolute atomic E-state index is 9.99. The second-order valence-corrected chi connectivity index (χ2v) is 5.61. The maximum Gasteiger partial charge on any atom is 0.216 e. The average Bonchev–Trinajstić information content (AvgIpc) is 2.84. The van der Waals surface area contributed by atoms with Gasteiger partial charge in [0.05, 0.1) is 18.0 Å². The number of benzene rings is 1. The van der Waals surface area contributed by atoms with Gasteiger partial charge in [0.2, 0.25) is 5.88 Å². The molecule has 0 aliphatic heterocycles. The number of hydrogen-bond donors (Lipinski definition) is 1. The molecule has 19 heavy (non-hydrogen) atoms. The van der Waals surface area contributed by atoms with Crippen LogP contribution in [-0.2, 0) is 0 Å². The molecule has 1 aromatic heterocycles. The first kappa shape index (κ1) is 13.6. The number of rotatable bonds is 4. The van der Waals surface area contributed by atoms with E-state index in [0.29, 0.717) is 5.88 Å². The van der Waals surface area contributed by atoms with Crippen molar-refractivity contribution in [1.82, 2.24) is 9.78 Å². The third-order valence-corrected chi connectivity index (χ3v) is 3.00. The van der Waals surface area contributed by atoms with Crippen LogP contribution in [0.4, 0.5) is 0 Å². The quantitative estimate of drug-likeness (QED) is 0.919. The van der Waals surface area contributed by atoms with E-state index in [1.165, 1.54) is 0 Å². The fourth-order valence-corrected chi connectivity index (χ4v) is 1.58. The van der Waals surface area contributed by atoms with Gasteiger partial charge in [-0.05, 0) is 17.5 Å². The fourth-order valence-electron chi connectivity index (χ4n) is 1.58. The van der Waals surface area contributed by atoms with Crippen LogP contribution in [0.1, 0.15) is 20.8 Å². The van der Waals surface area contributed by atoms with Crippen molar-refractivity contribution in [3.63, 3.8) is 0 Å². The molecule has 0 aliphatic rings. The number of ether oxygens (including phenoxy) is 1. The van der Waals surface area contributed by atoms with Crippen molar-refractivity contribution in [2.24, 2.45) is 5.41 Å². The maximum atomic E-state index is 9.99. The van der Waals surface area contributed by atoms with Crippen molar-refractivity contribution in [2.75, 3.05) is 6.61 Å². The Morgan fingerprint density at radius 3 is 2.53 bits per heavy atom. The Hall–Kier alpha value is -1.81. The first-order chi connectivity index (χ1) is 8.98. The van der Waals surface area contributed by atoms with E-state index in [9.17, 15) is 5.11 Å². The molecule has 1 N–H and O–H groups in total. The normalized spacial score (nSPS) is 13.3. The molecule has 0 unspecified atom stereocenters. The molecule has 0 aliphatic carbocycles. The molecule has 4 nitrogen and oxygen atoms in total. The number of nitrogens with zero attached hydrogens (tertiary/aromatic N) is 2. The average molecular weight is 260 g/mol. The van der Waals surface area contributed by atoms with Gasteiger partial charge < -0.3 is 9.84 Å². The predicted octanol–water partition coefficient (Wildman–Crippen LogP) is 2.66. The van der Waals surface area contributed by atoms with E-state index >= 15 is 0 Å². The number of para-hydroxylation sites is 1. The molecule has 4 heteroatoms. The van der Waals surface area contributed by atoms with Gasteiger partial charge in [0.25, 0.3) is 0 Å². The zero-order valence-corrected chi connectivity index (χ0v) is 11.6. The largest absolute Gasteiger partial charge is 0.475 e. The summed E-state index contributed by atoms with van der Waals surface area (Å²) in [6.45, 7) is 6.20. The topological polar surface area (TPSA) is 47.3 Å². The molecule has 1 heterocycles. The highest BCUT2D eigenvalue weighted by Gasteiger charge is 2.23. The van der Waals surface area contributed by atoms with Gasteiger partial charge in [-0.3, -0.25) is 0 Å². The lowest BCUT2D eigenvalue weighted by Crippen LogP contribution is -2.32. The Bertz CT molecular complexity index is 514. The molecule has 1 aromatic carbocycles. The highest BCUT2D eigenvalue weighted by Crippen LogP contribution is 2.21. The van der Waals surface area contributed by atoms with Crippen molar-refractivity contribution >= 4 is 0 Å². The molecule has 2 rings (SSSR count). The van der Waals surface area contributed by atoms with Gasteiger partial charge in [-0.2, -0.15) is 5.10 Å². The highest BCUT2D eigenvalue weighted by atomic mass is 16.5. The van der Waals surface area contributed by atoms with Crippen LogP contribution >= 0.6 is 0 Å². The molecule has 0 radical (unpaired) electrons. The lowest BCUT2D eigenvalue weighted by Gasteiger charge is -2.25. The van der Waals surface area contributed by atoms with Crippen LogP contribution in [0.5, 0.6) is 5.88 Å². The number of hydrogen-bond acceptors (Lipinski definition) is 3. The highest BCUT2D eigenvalue weighted by molar-refractivity contribution is 5.34. The minimum absolute atomic E-state index is 0.197. The molecule has 0 spiro atoms. The summed E-state index contributed by atoms with van der Waals surface area (Å²) in [5.41, 5.74) is 0.741. The molecular weight excluding hydrogens is 240 g/mol. The van der Waals surface area contributed by atoms with Gasteiger partial charge >= 0.3 is 0 Å². The summed E-state index contributed by atoms with van der Waals surface area (Å²) in [4.78, 5) is 0. The van der Waals surface area contributed by atoms with Crippen LogP contribution in [-0.4, -0.2) is 27.6 Å². The Morgan fingerprint density at radius 2 is 1.89 bits per heavy atom. The zero-order valence-electron chi connectivity index (χ0n) is 11.6. The number of aliphatic hydroxyl groups excluding tert-OH is 1. The van der Waals surface area contributed by atoms with Crippen LogP contribution < -0.4 is 4.74 Å². The molecule has 102 valence electrons. The lowest BCUT2D eigenvalue weighted by atomic mass is 9.90. The third kappa shape index (κ3) is 3.35. The summed E-state index contributed by atoms with van der Waals surface area (Å²) in [6, 6.07) is 11.6. The van der Waals surface area contributed by atoms with Crippen LogP contribution in [0.25, 0.3) is 5.69 Å². The van der Waals surface area contributed by atoms with Crippen LogP contribution in [0.15, 0.2) is 42.6 Å². The lowest BCUT2D eigenvalue weighted by molar-refractivity contribution is 0.0197. The smallest absolute Gasteiger partial charge is 0.216 e. The first-order valence-corrected chi connectivity index (χ1v) is 6.39. The van der Waals surface area contributed by atoms with Gasteiger partial charge in [-0.25, -0.2) is 4.68 Å². The van der Waals surface area contributed by atoms with Gasteiger partial charge in [-0.1, -0.05) is 39.0 Å². The summed E-state index contributed by atoms with van der Waals surface area (Å²) in [7, 11) is 0. The molecular formula is C15H20N2O2. The summed E-state index contributed by atoms with van der Waals surface area (Å²) in [5, 5.41) is 14.2. The van der Waals surface area contributed by atoms with Crippen molar-refractivity contribution < 1.29 is 9.84 Å². The van der Waals surface area contributed by atoms with Gasteiger partial charge in [0.15, 0.2) is 0 Å². The summed E-state index contributed by atoms with van der Waals surface area (Å²) in [5.74, 6) is 0.634. The molecule has 0 bridgehead atoms. The fraction of sp³-hybridized carbons (Fsp3) is 0.400. The van der Waals surface area contributed by atoms with Crippen molar-refractivity contribution in [2.45, 2.75) is 26.9 Å². The van der Waals surface area contributed by atoms with Crippen LogP contribution in [0.2, 0.25) is 0 Å². The second kappa shape index (κ2) is 5.45. The SMILES string of the molecule is CC(C)(C)[C@@H](O)COc1ccnn1-c1ccccc1. The Morgan fingerprint density at radius 1 is 1.21 bits per heavy atom. The zero-order chi connectivity index (χ0) is 13.9. The van der Waals surface area contributed by atoms with E-state index in [1.54, 1.807) is 16.9 Å². The monoisotopic (exact) mass is 260 g/mol. The van der Waals surface area contributed by atoms with E-state index in [4.69, 9.17) is 4.74 Å². The van der Waals surface area contributed by atoms with E-state index < -0.39 is 6.10 Å². The van der Waals surface area contributed by atoms with Crippen LogP contribution in [0, 0.1) is 5.41 Å². The van der Waals surface area contributed by atoms with Gasteiger partial charge in [0, 0.05) is 6.07 Å². The molecule has 0 fully saturated rings. The summed E-state index contributed by atoms with van der Waals surface area (Å²) < 4.78 is 7.39. The Balaban J connectivity index is 2.09. The van der Waals surface area contributed by atoms with Crippen molar-refractivity contribution in [1.29, 1.82) is 0 Å². The van der Waals surface area contributed by atoms with Crippen LogP contribution in [0.3, 0.4) is 0 Å². The van der Waals surface area contributed by atoms with E-state index in [-0.39, 0.29) is 12.0 Å². The van der Waals surface area contributed by atoms with Gasteiger partial charge in [-0.15, -0.1) is 0 Å². The predicted molar refractivity (Wildman–Crippen MR) is 74.5 cm³/mol. The van der Waals surface area contributed by atoms with E-state index in [0.717, 1.165) is 5.69 Å². The minimum atomic E-state index is -0.522. The molecule has 2 aromatic rings. The minimum Gasteiger partial charge on any atom is -0.475 e. The molecule has 0 amide bonds. The number of aliphatic hydroxyl groups is 1. The molecule has 1 atom stereocenters. The van der Waals surface area contributed by atoms with E-state index in [1.807, 2.05) is 51.1 Å². The Labute approximate surface area is 113 Å². The summed E-state index contributed by atoms with van der Waals surface area (Å²) >= 11 is 0. The molecule has 0 saturated carbocycles. The standard InChI is InChI=1S/C15H20N2O2/c1-15(2,3)13(18)11-19-14-9-10-16-17(14)12-7-5-4-6-8-12/h4-10,13,18H,11H2,1-3H3/t13-/m0/s1. The van der Waals surface area contributed by atoms with Crippen molar-refractivity contribution in [3.8, 4) is 11.6 Å². The molecule has 0 saturated heterocycles. The van der Waals surface area contributed by atoms with Gasteiger partial charge in [0.1, 0.15) is 6.61 Å². The van der Waals surface area contributed by atoms with Crippen molar-refractivity contribution in [3.05, 3.63) is 42.6 Å². The second-order valence-electron chi connectivity index (χ2n) is 5.61. The first-order valence-electron chi connectivity index (χ1n) is 6.39. The number of aromatic nitrogens is 2. The Kier molecular flexibility index (Phi) is 3.90. The third-order valence-electron chi connectivity index (χ3n) is 3.00. The summed E-state index contributed by atoms with van der Waals surface area (Å²) in [6.07, 6.45) is 1.16. The van der Waals surface area contributed by atoms with E-state index in [2.05, 4.69) is 5.10 Å².